The second-order valence-electron chi connectivity index (χ2n) is 8.46. The van der Waals surface area contributed by atoms with Crippen molar-refractivity contribution < 1.29 is 4.79 Å². The molecule has 2 aromatic heterocycles. The zero-order chi connectivity index (χ0) is 20.9. The number of carbonyl (C=O) groups is 1. The molecule has 2 heterocycles. The summed E-state index contributed by atoms with van der Waals surface area (Å²) in [5, 5.41) is 8.55. The summed E-state index contributed by atoms with van der Waals surface area (Å²) in [5.41, 5.74) is 3.26. The predicted molar refractivity (Wildman–Crippen MR) is 119 cm³/mol. The summed E-state index contributed by atoms with van der Waals surface area (Å²) in [6.07, 6.45) is 5.83. The molecule has 0 aliphatic heterocycles. The maximum absolute atomic E-state index is 12.6. The third-order valence-electron chi connectivity index (χ3n) is 4.84. The van der Waals surface area contributed by atoms with E-state index in [1.165, 1.54) is 11.3 Å². The van der Waals surface area contributed by atoms with E-state index in [1.807, 2.05) is 30.1 Å². The summed E-state index contributed by atoms with van der Waals surface area (Å²) in [5.74, 6) is 0.0686. The molecule has 0 aliphatic rings. The minimum absolute atomic E-state index is 0.0190. The van der Waals surface area contributed by atoms with Crippen molar-refractivity contribution in [2.45, 2.75) is 51.9 Å². The molecular formula is C23H30N4OS. The fourth-order valence-electron chi connectivity index (χ4n) is 3.10. The van der Waals surface area contributed by atoms with Crippen LogP contribution < -0.4 is 0 Å². The highest BCUT2D eigenvalue weighted by atomic mass is 32.1. The van der Waals surface area contributed by atoms with Gasteiger partial charge in [-0.15, -0.1) is 11.3 Å². The number of aromatic nitrogens is 3. The van der Waals surface area contributed by atoms with Gasteiger partial charge in [0.1, 0.15) is 4.88 Å². The standard InChI is InChI=1S/C23H30N4OS/c1-23(2,3)22-24-16-20(29-22)21(28)27(4)14-10-6-9-13-18-15-19(26-25-18)17-11-7-5-8-12-17/h5,7-8,11-12,15-16H,6,9-10,13-14H2,1-4H3,(H,25,26). The number of H-pyrrole nitrogens is 1. The molecule has 0 saturated carbocycles. The summed E-state index contributed by atoms with van der Waals surface area (Å²) in [6.45, 7) is 7.12. The van der Waals surface area contributed by atoms with Gasteiger partial charge in [0.2, 0.25) is 0 Å². The summed E-state index contributed by atoms with van der Waals surface area (Å²) in [6, 6.07) is 12.3. The first-order valence-corrected chi connectivity index (χ1v) is 11.0. The van der Waals surface area contributed by atoms with Gasteiger partial charge in [0.25, 0.3) is 5.91 Å². The lowest BCUT2D eigenvalue weighted by Gasteiger charge is -2.16. The summed E-state index contributed by atoms with van der Waals surface area (Å²) in [7, 11) is 1.87. The van der Waals surface area contributed by atoms with Crippen LogP contribution in [-0.4, -0.2) is 39.6 Å². The van der Waals surface area contributed by atoms with E-state index in [0.717, 1.165) is 59.1 Å². The SMILES string of the molecule is CN(CCCCCc1cc(-c2ccccc2)n[nH]1)C(=O)c1cnc(C(C)(C)C)s1. The van der Waals surface area contributed by atoms with E-state index in [0.29, 0.717) is 0 Å². The first-order valence-electron chi connectivity index (χ1n) is 10.2. The smallest absolute Gasteiger partial charge is 0.265 e. The summed E-state index contributed by atoms with van der Waals surface area (Å²) >= 11 is 1.50. The average molecular weight is 411 g/mol. The van der Waals surface area contributed by atoms with Crippen LogP contribution in [-0.2, 0) is 11.8 Å². The van der Waals surface area contributed by atoms with Crippen molar-refractivity contribution in [3.8, 4) is 11.3 Å². The number of nitrogens with one attached hydrogen (secondary N) is 1. The average Bonchev–Trinajstić information content (AvgIpc) is 3.37. The zero-order valence-corrected chi connectivity index (χ0v) is 18.6. The van der Waals surface area contributed by atoms with Crippen LogP contribution in [0.25, 0.3) is 11.3 Å². The number of nitrogens with zero attached hydrogens (tertiary/aromatic N) is 3. The second-order valence-corrected chi connectivity index (χ2v) is 9.49. The van der Waals surface area contributed by atoms with Gasteiger partial charge in [-0.1, -0.05) is 57.5 Å². The predicted octanol–water partition coefficient (Wildman–Crippen LogP) is 5.32. The number of benzene rings is 1. The van der Waals surface area contributed by atoms with Gasteiger partial charge in [-0.05, 0) is 25.3 Å². The monoisotopic (exact) mass is 410 g/mol. The molecule has 154 valence electrons. The Bertz CT molecular complexity index is 924. The molecule has 0 saturated heterocycles. The van der Waals surface area contributed by atoms with Crippen molar-refractivity contribution in [3.05, 3.63) is 58.2 Å². The van der Waals surface area contributed by atoms with Gasteiger partial charge in [-0.25, -0.2) is 4.98 Å². The molecule has 3 aromatic rings. The van der Waals surface area contributed by atoms with Gasteiger partial charge in [0, 0.05) is 30.3 Å². The molecule has 0 bridgehead atoms. The van der Waals surface area contributed by atoms with Gasteiger partial charge >= 0.3 is 0 Å². The lowest BCUT2D eigenvalue weighted by Crippen LogP contribution is -2.27. The maximum atomic E-state index is 12.6. The highest BCUT2D eigenvalue weighted by molar-refractivity contribution is 7.13. The minimum Gasteiger partial charge on any atom is -0.341 e. The van der Waals surface area contributed by atoms with Crippen LogP contribution in [0.15, 0.2) is 42.6 Å². The lowest BCUT2D eigenvalue weighted by atomic mass is 9.98. The Labute approximate surface area is 177 Å². The molecule has 0 unspecified atom stereocenters. The highest BCUT2D eigenvalue weighted by Gasteiger charge is 2.21. The summed E-state index contributed by atoms with van der Waals surface area (Å²) in [4.78, 5) is 19.5. The molecule has 3 rings (SSSR count). The van der Waals surface area contributed by atoms with Gasteiger partial charge in [0.05, 0.1) is 16.9 Å². The number of unbranched alkanes of at least 4 members (excludes halogenated alkanes) is 2. The van der Waals surface area contributed by atoms with Crippen molar-refractivity contribution in [2.24, 2.45) is 0 Å². The Balaban J connectivity index is 1.40. The number of rotatable bonds is 8. The van der Waals surface area contributed by atoms with E-state index >= 15 is 0 Å². The zero-order valence-electron chi connectivity index (χ0n) is 17.7. The maximum Gasteiger partial charge on any atom is 0.265 e. The van der Waals surface area contributed by atoms with E-state index in [1.54, 1.807) is 6.20 Å². The molecule has 0 fully saturated rings. The Hall–Kier alpha value is -2.47. The molecule has 1 aromatic carbocycles. The third kappa shape index (κ3) is 5.76. The fraction of sp³-hybridized carbons (Fsp3) is 0.435. The lowest BCUT2D eigenvalue weighted by molar-refractivity contribution is 0.0797. The van der Waals surface area contributed by atoms with Crippen molar-refractivity contribution in [2.75, 3.05) is 13.6 Å². The normalized spacial score (nSPS) is 11.6. The van der Waals surface area contributed by atoms with Gasteiger partial charge < -0.3 is 4.90 Å². The first-order chi connectivity index (χ1) is 13.8. The highest BCUT2D eigenvalue weighted by Crippen LogP contribution is 2.27. The van der Waals surface area contributed by atoms with Crippen molar-refractivity contribution in [3.63, 3.8) is 0 Å². The Kier molecular flexibility index (Phi) is 6.85. The van der Waals surface area contributed by atoms with Crippen molar-refractivity contribution >= 4 is 17.2 Å². The minimum atomic E-state index is -0.0190. The van der Waals surface area contributed by atoms with Crippen LogP contribution in [0.1, 0.15) is 60.4 Å². The van der Waals surface area contributed by atoms with Crippen LogP contribution in [0.3, 0.4) is 0 Å². The molecule has 0 atom stereocenters. The number of aryl methyl sites for hydroxylation is 1. The topological polar surface area (TPSA) is 61.9 Å². The number of amides is 1. The van der Waals surface area contributed by atoms with Gasteiger partial charge in [-0.2, -0.15) is 5.10 Å². The van der Waals surface area contributed by atoms with Crippen LogP contribution in [0.2, 0.25) is 0 Å². The quantitative estimate of drug-likeness (QED) is 0.512. The van der Waals surface area contributed by atoms with Crippen molar-refractivity contribution in [1.82, 2.24) is 20.1 Å². The Morgan fingerprint density at radius 1 is 1.14 bits per heavy atom. The number of carbonyl (C=O) groups excluding carboxylic acids is 1. The third-order valence-corrected chi connectivity index (χ3v) is 6.26. The molecule has 1 N–H and O–H groups in total. The molecule has 5 nitrogen and oxygen atoms in total. The molecule has 29 heavy (non-hydrogen) atoms. The van der Waals surface area contributed by atoms with E-state index in [-0.39, 0.29) is 11.3 Å². The van der Waals surface area contributed by atoms with E-state index in [4.69, 9.17) is 0 Å². The number of aromatic amines is 1. The Morgan fingerprint density at radius 3 is 2.59 bits per heavy atom. The largest absolute Gasteiger partial charge is 0.341 e. The van der Waals surface area contributed by atoms with Crippen molar-refractivity contribution in [1.29, 1.82) is 0 Å². The summed E-state index contributed by atoms with van der Waals surface area (Å²) < 4.78 is 0. The molecular weight excluding hydrogens is 380 g/mol. The van der Waals surface area contributed by atoms with E-state index in [9.17, 15) is 4.79 Å². The molecule has 6 heteroatoms. The molecule has 0 radical (unpaired) electrons. The second kappa shape index (κ2) is 9.35. The van der Waals surface area contributed by atoms with Crippen LogP contribution in [0.4, 0.5) is 0 Å². The van der Waals surface area contributed by atoms with Crippen LogP contribution in [0.5, 0.6) is 0 Å². The van der Waals surface area contributed by atoms with Gasteiger partial charge in [0.15, 0.2) is 0 Å². The first kappa shape index (κ1) is 21.2. The van der Waals surface area contributed by atoms with E-state index < -0.39 is 0 Å². The molecule has 1 amide bonds. The van der Waals surface area contributed by atoms with Gasteiger partial charge in [-0.3, -0.25) is 9.89 Å². The fourth-order valence-corrected chi connectivity index (χ4v) is 4.07. The van der Waals surface area contributed by atoms with Crippen LogP contribution >= 0.6 is 11.3 Å². The molecule has 0 aliphatic carbocycles. The number of hydrogen-bond donors (Lipinski definition) is 1. The number of thiazole rings is 1. The Morgan fingerprint density at radius 2 is 1.90 bits per heavy atom. The molecule has 0 spiro atoms. The van der Waals surface area contributed by atoms with Crippen LogP contribution in [0, 0.1) is 0 Å². The van der Waals surface area contributed by atoms with E-state index in [2.05, 4.69) is 54.2 Å². The number of hydrogen-bond acceptors (Lipinski definition) is 4.